The molecule has 0 saturated carbocycles. The molecular weight excluding hydrogens is 398 g/mol. The maximum atomic E-state index is 12.3. The van der Waals surface area contributed by atoms with Crippen molar-refractivity contribution < 1.29 is 18.8 Å². The molecule has 2 aromatic heterocycles. The summed E-state index contributed by atoms with van der Waals surface area (Å²) in [6.07, 6.45) is 2.62. The van der Waals surface area contributed by atoms with Crippen molar-refractivity contribution in [2.75, 3.05) is 11.9 Å². The molecule has 0 radical (unpaired) electrons. The lowest BCUT2D eigenvalue weighted by atomic mass is 10.1. The van der Waals surface area contributed by atoms with Gasteiger partial charge in [0.25, 0.3) is 0 Å². The van der Waals surface area contributed by atoms with Gasteiger partial charge in [-0.1, -0.05) is 23.4 Å². The molecule has 31 heavy (non-hydrogen) atoms. The van der Waals surface area contributed by atoms with Gasteiger partial charge in [0, 0.05) is 36.3 Å². The molecule has 0 spiro atoms. The monoisotopic (exact) mass is 419 g/mol. The number of carbonyl (C=O) groups is 2. The first-order valence-electron chi connectivity index (χ1n) is 9.75. The predicted octanol–water partition coefficient (Wildman–Crippen LogP) is 3.06. The van der Waals surface area contributed by atoms with E-state index in [0.717, 1.165) is 16.5 Å². The van der Waals surface area contributed by atoms with Crippen LogP contribution in [0.3, 0.4) is 0 Å². The van der Waals surface area contributed by atoms with E-state index in [-0.39, 0.29) is 24.2 Å². The highest BCUT2D eigenvalue weighted by Gasteiger charge is 2.15. The van der Waals surface area contributed by atoms with Gasteiger partial charge in [0.2, 0.25) is 11.7 Å². The van der Waals surface area contributed by atoms with E-state index < -0.39 is 5.91 Å². The number of hydrogen-bond acceptors (Lipinski definition) is 6. The van der Waals surface area contributed by atoms with Crippen LogP contribution in [0.1, 0.15) is 29.0 Å². The van der Waals surface area contributed by atoms with Crippen molar-refractivity contribution in [2.45, 2.75) is 20.0 Å². The molecule has 9 nitrogen and oxygen atoms in total. The highest BCUT2D eigenvalue weighted by Crippen LogP contribution is 2.18. The van der Waals surface area contributed by atoms with Crippen LogP contribution in [0.5, 0.6) is 5.75 Å². The fourth-order valence-electron chi connectivity index (χ4n) is 3.12. The largest absolute Gasteiger partial charge is 0.485 e. The molecule has 4 aromatic rings. The summed E-state index contributed by atoms with van der Waals surface area (Å²) in [6, 6.07) is 14.9. The standard InChI is InChI=1S/C22H21N5O4/c1-14(28)25-16-6-8-17(9-7-16)30-13-20-26-22(31-27-20)21(29)23-11-10-15-12-24-19-5-3-2-4-18(15)19/h2-9,12,24H,10-11,13H2,1H3,(H,23,29)(H,25,28). The molecule has 0 atom stereocenters. The third kappa shape index (κ3) is 5.08. The molecule has 4 rings (SSSR count). The van der Waals surface area contributed by atoms with E-state index in [1.54, 1.807) is 24.3 Å². The smallest absolute Gasteiger partial charge is 0.316 e. The maximum Gasteiger partial charge on any atom is 0.316 e. The van der Waals surface area contributed by atoms with E-state index in [1.807, 2.05) is 30.5 Å². The van der Waals surface area contributed by atoms with Gasteiger partial charge in [0.15, 0.2) is 6.61 Å². The lowest BCUT2D eigenvalue weighted by Crippen LogP contribution is -2.26. The Morgan fingerprint density at radius 1 is 1.13 bits per heavy atom. The van der Waals surface area contributed by atoms with Gasteiger partial charge in [-0.3, -0.25) is 9.59 Å². The minimum Gasteiger partial charge on any atom is -0.485 e. The van der Waals surface area contributed by atoms with Gasteiger partial charge in [0.1, 0.15) is 5.75 Å². The predicted molar refractivity (Wildman–Crippen MR) is 114 cm³/mol. The first kappa shape index (κ1) is 20.1. The molecule has 2 aromatic carbocycles. The number of H-pyrrole nitrogens is 1. The van der Waals surface area contributed by atoms with Crippen molar-refractivity contribution in [1.82, 2.24) is 20.4 Å². The summed E-state index contributed by atoms with van der Waals surface area (Å²) in [6.45, 7) is 1.93. The lowest BCUT2D eigenvalue weighted by Gasteiger charge is -2.05. The molecule has 0 aliphatic carbocycles. The number of carbonyl (C=O) groups excluding carboxylic acids is 2. The second-order valence-electron chi connectivity index (χ2n) is 6.88. The first-order chi connectivity index (χ1) is 15.1. The van der Waals surface area contributed by atoms with Crippen LogP contribution in [0.2, 0.25) is 0 Å². The van der Waals surface area contributed by atoms with Gasteiger partial charge in [-0.15, -0.1) is 0 Å². The van der Waals surface area contributed by atoms with E-state index in [4.69, 9.17) is 9.26 Å². The van der Waals surface area contributed by atoms with Gasteiger partial charge in [0.05, 0.1) is 0 Å². The van der Waals surface area contributed by atoms with Crippen LogP contribution in [0.15, 0.2) is 59.3 Å². The van der Waals surface area contributed by atoms with Crippen molar-refractivity contribution in [3.05, 3.63) is 72.0 Å². The number of benzene rings is 2. The topological polar surface area (TPSA) is 122 Å². The number of nitrogens with one attached hydrogen (secondary N) is 3. The average molecular weight is 419 g/mol. The first-order valence-corrected chi connectivity index (χ1v) is 9.75. The Labute approximate surface area is 177 Å². The van der Waals surface area contributed by atoms with E-state index in [0.29, 0.717) is 24.4 Å². The molecule has 3 N–H and O–H groups in total. The number of hydrogen-bond donors (Lipinski definition) is 3. The molecule has 0 aliphatic heterocycles. The van der Waals surface area contributed by atoms with Crippen LogP contribution in [0, 0.1) is 0 Å². The SMILES string of the molecule is CC(=O)Nc1ccc(OCc2noc(C(=O)NCCc3c[nH]c4ccccc34)n2)cc1. The second kappa shape index (κ2) is 9.12. The highest BCUT2D eigenvalue weighted by molar-refractivity contribution is 5.89. The zero-order valence-electron chi connectivity index (χ0n) is 16.8. The van der Waals surface area contributed by atoms with Crippen molar-refractivity contribution >= 4 is 28.4 Å². The fraction of sp³-hybridized carbons (Fsp3) is 0.182. The van der Waals surface area contributed by atoms with Gasteiger partial charge >= 0.3 is 11.8 Å². The molecule has 2 heterocycles. The summed E-state index contributed by atoms with van der Waals surface area (Å²) >= 11 is 0. The van der Waals surface area contributed by atoms with Crippen LogP contribution in [0.25, 0.3) is 10.9 Å². The van der Waals surface area contributed by atoms with Crippen LogP contribution < -0.4 is 15.4 Å². The van der Waals surface area contributed by atoms with Crippen molar-refractivity contribution in [1.29, 1.82) is 0 Å². The summed E-state index contributed by atoms with van der Waals surface area (Å²) in [5, 5.41) is 10.4. The molecule has 2 amide bonds. The average Bonchev–Trinajstić information content (AvgIpc) is 3.40. The molecule has 158 valence electrons. The molecule has 0 aliphatic rings. The van der Waals surface area contributed by atoms with Gasteiger partial charge in [-0.25, -0.2) is 0 Å². The number of ether oxygens (including phenoxy) is 1. The van der Waals surface area contributed by atoms with Crippen molar-refractivity contribution in [3.63, 3.8) is 0 Å². The number of rotatable bonds is 8. The van der Waals surface area contributed by atoms with Crippen LogP contribution in [0.4, 0.5) is 5.69 Å². The van der Waals surface area contributed by atoms with Gasteiger partial charge in [-0.05, 0) is 42.3 Å². The molecule has 0 saturated heterocycles. The number of aromatic nitrogens is 3. The third-order valence-electron chi connectivity index (χ3n) is 4.56. The Morgan fingerprint density at radius 3 is 2.74 bits per heavy atom. The fourth-order valence-corrected chi connectivity index (χ4v) is 3.12. The summed E-state index contributed by atoms with van der Waals surface area (Å²) in [5.41, 5.74) is 2.86. The summed E-state index contributed by atoms with van der Waals surface area (Å²) in [7, 11) is 0. The Bertz CT molecular complexity index is 1200. The molecule has 0 bridgehead atoms. The number of nitrogens with zero attached hydrogens (tertiary/aromatic N) is 2. The van der Waals surface area contributed by atoms with E-state index in [1.165, 1.54) is 6.92 Å². The quantitative estimate of drug-likeness (QED) is 0.403. The third-order valence-corrected chi connectivity index (χ3v) is 4.56. The molecule has 0 unspecified atom stereocenters. The summed E-state index contributed by atoms with van der Waals surface area (Å²) < 4.78 is 10.6. The highest BCUT2D eigenvalue weighted by atomic mass is 16.5. The number of anilines is 1. The van der Waals surface area contributed by atoms with E-state index in [2.05, 4.69) is 25.8 Å². The van der Waals surface area contributed by atoms with Gasteiger partial charge < -0.3 is 24.9 Å². The van der Waals surface area contributed by atoms with Gasteiger partial charge in [-0.2, -0.15) is 4.98 Å². The Kier molecular flexibility index (Phi) is 5.93. The molecular formula is C22H21N5O4. The minimum atomic E-state index is -0.432. The Morgan fingerprint density at radius 2 is 1.94 bits per heavy atom. The van der Waals surface area contributed by atoms with Crippen LogP contribution >= 0.6 is 0 Å². The van der Waals surface area contributed by atoms with Crippen molar-refractivity contribution in [3.8, 4) is 5.75 Å². The Hall–Kier alpha value is -4.14. The summed E-state index contributed by atoms with van der Waals surface area (Å²) in [4.78, 5) is 30.6. The number of fused-ring (bicyclic) bond motifs is 1. The van der Waals surface area contributed by atoms with E-state index >= 15 is 0 Å². The van der Waals surface area contributed by atoms with E-state index in [9.17, 15) is 9.59 Å². The normalized spacial score (nSPS) is 10.7. The van der Waals surface area contributed by atoms with Crippen molar-refractivity contribution in [2.24, 2.45) is 0 Å². The van der Waals surface area contributed by atoms with Crippen LogP contribution in [-0.4, -0.2) is 33.5 Å². The number of amides is 2. The molecule has 0 fully saturated rings. The summed E-state index contributed by atoms with van der Waals surface area (Å²) in [5.74, 6) is 0.140. The minimum absolute atomic E-state index is 0.0472. The number of para-hydroxylation sites is 1. The van der Waals surface area contributed by atoms with Crippen LogP contribution in [-0.2, 0) is 17.8 Å². The maximum absolute atomic E-state index is 12.3. The Balaban J connectivity index is 1.26. The molecule has 9 heteroatoms. The number of aromatic amines is 1. The zero-order valence-corrected chi connectivity index (χ0v) is 16.8. The lowest BCUT2D eigenvalue weighted by molar-refractivity contribution is -0.114. The second-order valence-corrected chi connectivity index (χ2v) is 6.88. The zero-order chi connectivity index (χ0) is 21.6.